The van der Waals surface area contributed by atoms with Crippen molar-refractivity contribution in [2.75, 3.05) is 6.61 Å². The normalized spacial score (nSPS) is 10.9. The van der Waals surface area contributed by atoms with E-state index in [1.807, 2.05) is 6.92 Å². The fourth-order valence-electron chi connectivity index (χ4n) is 2.36. The molecule has 1 amide bonds. The standard InChI is InChI=1S/C19H18FN5O3/c1-2-28-15-9-7-13(8-10-15)11-22-25-19(27)17(23-24-25)18(26)21-12-14-5-3-4-6-16(14)20/h3-11,24H,2,12H2,1H3,(H,21,26). The maximum Gasteiger partial charge on any atom is 0.320 e. The molecule has 0 aliphatic heterocycles. The summed E-state index contributed by atoms with van der Waals surface area (Å²) in [5, 5.41) is 12.5. The first-order chi connectivity index (χ1) is 13.6. The first kappa shape index (κ1) is 19.0. The van der Waals surface area contributed by atoms with Gasteiger partial charge in [0.1, 0.15) is 11.6 Å². The first-order valence-electron chi connectivity index (χ1n) is 8.54. The summed E-state index contributed by atoms with van der Waals surface area (Å²) in [6, 6.07) is 13.1. The number of carbonyl (C=O) groups is 1. The number of aromatic amines is 1. The SMILES string of the molecule is CCOc1ccc(C=Nn2[nH]nc(C(=O)NCc3ccccc3F)c2=O)cc1. The van der Waals surface area contributed by atoms with Crippen LogP contribution in [0.15, 0.2) is 58.4 Å². The zero-order valence-electron chi connectivity index (χ0n) is 15.1. The van der Waals surface area contributed by atoms with Crippen LogP contribution >= 0.6 is 0 Å². The highest BCUT2D eigenvalue weighted by Gasteiger charge is 2.16. The number of rotatable bonds is 7. The highest BCUT2D eigenvalue weighted by atomic mass is 19.1. The van der Waals surface area contributed by atoms with Crippen molar-refractivity contribution in [3.63, 3.8) is 0 Å². The molecule has 0 saturated carbocycles. The molecule has 2 N–H and O–H groups in total. The second-order valence-corrected chi connectivity index (χ2v) is 5.70. The lowest BCUT2D eigenvalue weighted by atomic mass is 10.2. The Morgan fingerprint density at radius 3 is 2.75 bits per heavy atom. The molecule has 0 radical (unpaired) electrons. The van der Waals surface area contributed by atoms with Gasteiger partial charge >= 0.3 is 5.56 Å². The van der Waals surface area contributed by atoms with Gasteiger partial charge in [-0.3, -0.25) is 9.59 Å². The van der Waals surface area contributed by atoms with E-state index in [9.17, 15) is 14.0 Å². The second-order valence-electron chi connectivity index (χ2n) is 5.70. The molecule has 0 aliphatic carbocycles. The van der Waals surface area contributed by atoms with Crippen molar-refractivity contribution < 1.29 is 13.9 Å². The van der Waals surface area contributed by atoms with Gasteiger partial charge in [0.05, 0.1) is 12.8 Å². The number of H-pyrrole nitrogens is 1. The van der Waals surface area contributed by atoms with Gasteiger partial charge in [-0.1, -0.05) is 18.2 Å². The summed E-state index contributed by atoms with van der Waals surface area (Å²) in [6.45, 7) is 2.40. The van der Waals surface area contributed by atoms with Crippen LogP contribution in [0.4, 0.5) is 4.39 Å². The fourth-order valence-corrected chi connectivity index (χ4v) is 2.36. The van der Waals surface area contributed by atoms with Gasteiger partial charge in [0, 0.05) is 12.1 Å². The number of ether oxygens (including phenoxy) is 1. The summed E-state index contributed by atoms with van der Waals surface area (Å²) >= 11 is 0. The number of nitrogens with zero attached hydrogens (tertiary/aromatic N) is 3. The third-order valence-electron chi connectivity index (χ3n) is 3.78. The molecular weight excluding hydrogens is 365 g/mol. The minimum atomic E-state index is -0.723. The Kier molecular flexibility index (Phi) is 5.95. The minimum Gasteiger partial charge on any atom is -0.494 e. The number of hydrogen-bond acceptors (Lipinski definition) is 5. The molecule has 28 heavy (non-hydrogen) atoms. The van der Waals surface area contributed by atoms with Crippen molar-refractivity contribution >= 4 is 12.1 Å². The van der Waals surface area contributed by atoms with Crippen LogP contribution in [-0.4, -0.2) is 33.8 Å². The zero-order chi connectivity index (χ0) is 19.9. The van der Waals surface area contributed by atoms with Crippen LogP contribution in [0, 0.1) is 5.82 Å². The molecule has 0 spiro atoms. The third-order valence-corrected chi connectivity index (χ3v) is 3.78. The minimum absolute atomic E-state index is 0.0622. The molecule has 0 unspecified atom stereocenters. The lowest BCUT2D eigenvalue weighted by Crippen LogP contribution is -2.29. The molecule has 3 aromatic rings. The van der Waals surface area contributed by atoms with Gasteiger partial charge in [-0.15, -0.1) is 9.89 Å². The fraction of sp³-hybridized carbons (Fsp3) is 0.158. The zero-order valence-corrected chi connectivity index (χ0v) is 15.1. The van der Waals surface area contributed by atoms with Crippen LogP contribution in [-0.2, 0) is 6.54 Å². The molecule has 0 bridgehead atoms. The molecule has 144 valence electrons. The van der Waals surface area contributed by atoms with E-state index in [0.717, 1.165) is 16.1 Å². The molecule has 2 aromatic carbocycles. The molecule has 0 aliphatic rings. The average molecular weight is 383 g/mol. The summed E-state index contributed by atoms with van der Waals surface area (Å²) in [7, 11) is 0. The highest BCUT2D eigenvalue weighted by Crippen LogP contribution is 2.10. The molecule has 0 saturated heterocycles. The largest absolute Gasteiger partial charge is 0.494 e. The van der Waals surface area contributed by atoms with Crippen LogP contribution in [0.25, 0.3) is 0 Å². The van der Waals surface area contributed by atoms with E-state index < -0.39 is 17.3 Å². The van der Waals surface area contributed by atoms with Gasteiger partial charge in [0.2, 0.25) is 5.69 Å². The van der Waals surface area contributed by atoms with E-state index in [2.05, 4.69) is 20.7 Å². The number of hydrogen-bond donors (Lipinski definition) is 2. The molecule has 9 heteroatoms. The molecule has 0 atom stereocenters. The first-order valence-corrected chi connectivity index (χ1v) is 8.54. The summed E-state index contributed by atoms with van der Waals surface area (Å²) in [5.74, 6) is -0.436. The Bertz CT molecular complexity index is 1040. The lowest BCUT2D eigenvalue weighted by molar-refractivity contribution is 0.0944. The van der Waals surface area contributed by atoms with Gasteiger partial charge in [0.15, 0.2) is 0 Å². The lowest BCUT2D eigenvalue weighted by Gasteiger charge is -2.03. The monoisotopic (exact) mass is 383 g/mol. The maximum atomic E-state index is 13.6. The molecule has 1 aromatic heterocycles. The quantitative estimate of drug-likeness (QED) is 0.609. The summed E-state index contributed by atoms with van der Waals surface area (Å²) in [5.41, 5.74) is -0.0378. The molecular formula is C19H18FN5O3. The van der Waals surface area contributed by atoms with E-state index in [4.69, 9.17) is 4.74 Å². The van der Waals surface area contributed by atoms with Crippen molar-refractivity contribution in [2.24, 2.45) is 5.10 Å². The van der Waals surface area contributed by atoms with Gasteiger partial charge in [-0.25, -0.2) is 4.39 Å². The number of benzene rings is 2. The molecule has 8 nitrogen and oxygen atoms in total. The van der Waals surface area contributed by atoms with Crippen LogP contribution in [0.3, 0.4) is 0 Å². The maximum absolute atomic E-state index is 13.6. The van der Waals surface area contributed by atoms with Crippen LogP contribution < -0.4 is 15.6 Å². The Balaban J connectivity index is 1.66. The number of amides is 1. The Labute approximate surface area is 159 Å². The van der Waals surface area contributed by atoms with Crippen molar-refractivity contribution in [1.29, 1.82) is 0 Å². The van der Waals surface area contributed by atoms with Crippen molar-refractivity contribution in [1.82, 2.24) is 20.4 Å². The predicted octanol–water partition coefficient (Wildman–Crippen LogP) is 1.92. The Hall–Kier alpha value is -3.75. The smallest absolute Gasteiger partial charge is 0.320 e. The van der Waals surface area contributed by atoms with Gasteiger partial charge in [-0.2, -0.15) is 10.3 Å². The summed E-state index contributed by atoms with van der Waals surface area (Å²) in [6.07, 6.45) is 1.44. The van der Waals surface area contributed by atoms with Gasteiger partial charge in [-0.05, 0) is 42.8 Å². The number of carbonyl (C=O) groups excluding carboxylic acids is 1. The van der Waals surface area contributed by atoms with E-state index >= 15 is 0 Å². The van der Waals surface area contributed by atoms with E-state index in [1.54, 1.807) is 42.5 Å². The number of nitrogens with one attached hydrogen (secondary N) is 2. The van der Waals surface area contributed by atoms with Crippen LogP contribution in [0.1, 0.15) is 28.5 Å². The predicted molar refractivity (Wildman–Crippen MR) is 101 cm³/mol. The van der Waals surface area contributed by atoms with E-state index in [-0.39, 0.29) is 12.2 Å². The summed E-state index contributed by atoms with van der Waals surface area (Å²) < 4.78 is 18.9. The van der Waals surface area contributed by atoms with Crippen LogP contribution in [0.2, 0.25) is 0 Å². The number of halogens is 1. The topological polar surface area (TPSA) is 101 Å². The number of aromatic nitrogens is 3. The molecule has 3 rings (SSSR count). The van der Waals surface area contributed by atoms with Crippen molar-refractivity contribution in [2.45, 2.75) is 13.5 Å². The summed E-state index contributed by atoms with van der Waals surface area (Å²) in [4.78, 5) is 25.2. The van der Waals surface area contributed by atoms with Gasteiger partial charge in [0.25, 0.3) is 5.91 Å². The molecule has 1 heterocycles. The Morgan fingerprint density at radius 1 is 1.29 bits per heavy atom. The van der Waals surface area contributed by atoms with E-state index in [1.165, 1.54) is 12.3 Å². The van der Waals surface area contributed by atoms with Crippen molar-refractivity contribution in [3.05, 3.63) is 81.5 Å². The average Bonchev–Trinajstić information content (AvgIpc) is 3.07. The second kappa shape index (κ2) is 8.76. The third kappa shape index (κ3) is 4.50. The van der Waals surface area contributed by atoms with E-state index in [0.29, 0.717) is 12.2 Å². The highest BCUT2D eigenvalue weighted by molar-refractivity contribution is 5.91. The van der Waals surface area contributed by atoms with Crippen LogP contribution in [0.5, 0.6) is 5.75 Å². The van der Waals surface area contributed by atoms with Crippen molar-refractivity contribution in [3.8, 4) is 5.75 Å². The molecule has 0 fully saturated rings. The van der Waals surface area contributed by atoms with Gasteiger partial charge < -0.3 is 10.1 Å². The Morgan fingerprint density at radius 2 is 2.04 bits per heavy atom.